The van der Waals surface area contributed by atoms with Crippen molar-refractivity contribution in [3.63, 3.8) is 0 Å². The van der Waals surface area contributed by atoms with Crippen LogP contribution in [0.3, 0.4) is 0 Å². The first-order chi connectivity index (χ1) is 7.26. The summed E-state index contributed by atoms with van der Waals surface area (Å²) in [6.07, 6.45) is 4.80. The van der Waals surface area contributed by atoms with Crippen LogP contribution in [0.25, 0.3) is 0 Å². The summed E-state index contributed by atoms with van der Waals surface area (Å²) in [5, 5.41) is 3.59. The lowest BCUT2D eigenvalue weighted by molar-refractivity contribution is 0.475. The lowest BCUT2D eigenvalue weighted by Gasteiger charge is -2.16. The van der Waals surface area contributed by atoms with Crippen LogP contribution in [0.1, 0.15) is 38.0 Å². The van der Waals surface area contributed by atoms with Gasteiger partial charge in [0.2, 0.25) is 0 Å². The summed E-state index contributed by atoms with van der Waals surface area (Å²) in [5.74, 6) is 0. The molecule has 1 rings (SSSR count). The first kappa shape index (κ1) is 13.0. The van der Waals surface area contributed by atoms with Gasteiger partial charge >= 0.3 is 0 Å². The highest BCUT2D eigenvalue weighted by Gasteiger charge is 2.08. The Kier molecular flexibility index (Phi) is 6.30. The summed E-state index contributed by atoms with van der Waals surface area (Å²) in [7, 11) is 0. The Bertz CT molecular complexity index is 272. The van der Waals surface area contributed by atoms with E-state index in [1.54, 1.807) is 11.3 Å². The van der Waals surface area contributed by atoms with E-state index in [4.69, 9.17) is 11.6 Å². The molecule has 1 heterocycles. The van der Waals surface area contributed by atoms with Crippen molar-refractivity contribution < 1.29 is 0 Å². The van der Waals surface area contributed by atoms with Crippen LogP contribution in [0.2, 0.25) is 4.34 Å². The van der Waals surface area contributed by atoms with Gasteiger partial charge in [-0.3, -0.25) is 0 Å². The van der Waals surface area contributed by atoms with Crippen LogP contribution in [0.5, 0.6) is 0 Å². The van der Waals surface area contributed by atoms with Gasteiger partial charge in [-0.2, -0.15) is 0 Å². The smallest absolute Gasteiger partial charge is 0.0931 e. The average molecular weight is 246 g/mol. The highest BCUT2D eigenvalue weighted by molar-refractivity contribution is 7.16. The second-order valence-corrected chi connectivity index (χ2v) is 5.65. The Morgan fingerprint density at radius 3 is 2.67 bits per heavy atom. The predicted octanol–water partition coefficient (Wildman–Crippen LogP) is 4.11. The molecule has 0 aromatic carbocycles. The quantitative estimate of drug-likeness (QED) is 0.762. The number of nitrogens with one attached hydrogen (secondary N) is 1. The van der Waals surface area contributed by atoms with Crippen molar-refractivity contribution in [2.75, 3.05) is 6.54 Å². The molecular formula is C12H20ClNS. The molecule has 1 aromatic heterocycles. The van der Waals surface area contributed by atoms with Crippen molar-refractivity contribution in [1.29, 1.82) is 0 Å². The largest absolute Gasteiger partial charge is 0.314 e. The Balaban J connectivity index is 2.42. The molecule has 1 aromatic rings. The number of thiophene rings is 1. The van der Waals surface area contributed by atoms with E-state index in [2.05, 4.69) is 25.2 Å². The molecule has 0 aliphatic carbocycles. The van der Waals surface area contributed by atoms with Gasteiger partial charge in [0.25, 0.3) is 0 Å². The third kappa shape index (κ3) is 5.01. The van der Waals surface area contributed by atoms with Crippen LogP contribution in [0.15, 0.2) is 12.1 Å². The minimum absolute atomic E-state index is 0.615. The van der Waals surface area contributed by atoms with E-state index in [1.165, 1.54) is 24.1 Å². The van der Waals surface area contributed by atoms with Crippen molar-refractivity contribution in [2.24, 2.45) is 0 Å². The fraction of sp³-hybridized carbons (Fsp3) is 0.667. The maximum atomic E-state index is 5.92. The Hall–Kier alpha value is -0.0500. The van der Waals surface area contributed by atoms with Gasteiger partial charge in [-0.25, -0.2) is 0 Å². The van der Waals surface area contributed by atoms with E-state index >= 15 is 0 Å². The van der Waals surface area contributed by atoms with E-state index in [-0.39, 0.29) is 0 Å². The third-order valence-electron chi connectivity index (χ3n) is 2.40. The van der Waals surface area contributed by atoms with E-state index in [0.29, 0.717) is 6.04 Å². The van der Waals surface area contributed by atoms with Crippen molar-refractivity contribution in [3.05, 3.63) is 21.3 Å². The first-order valence-corrected chi connectivity index (χ1v) is 6.93. The van der Waals surface area contributed by atoms with Gasteiger partial charge < -0.3 is 5.32 Å². The standard InChI is InChI=1S/C12H20ClNS/c1-3-5-10(14-8-4-2)9-11-6-7-12(13)15-11/h6-7,10,14H,3-5,8-9H2,1-2H3. The Morgan fingerprint density at radius 1 is 1.33 bits per heavy atom. The zero-order valence-electron chi connectivity index (χ0n) is 9.55. The van der Waals surface area contributed by atoms with E-state index in [1.807, 2.05) is 6.07 Å². The molecule has 0 bridgehead atoms. The van der Waals surface area contributed by atoms with Gasteiger partial charge in [0.05, 0.1) is 4.34 Å². The SMILES string of the molecule is CCCNC(CCC)Cc1ccc(Cl)s1. The molecule has 0 aliphatic rings. The normalized spacial score (nSPS) is 13.0. The minimum atomic E-state index is 0.615. The van der Waals surface area contributed by atoms with Crippen molar-refractivity contribution >= 4 is 22.9 Å². The molecule has 1 unspecified atom stereocenters. The maximum absolute atomic E-state index is 5.92. The van der Waals surface area contributed by atoms with Gasteiger partial charge in [0.1, 0.15) is 0 Å². The van der Waals surface area contributed by atoms with Crippen LogP contribution in [-0.4, -0.2) is 12.6 Å². The summed E-state index contributed by atoms with van der Waals surface area (Å²) in [6.45, 7) is 5.56. The molecule has 15 heavy (non-hydrogen) atoms. The van der Waals surface area contributed by atoms with E-state index in [9.17, 15) is 0 Å². The summed E-state index contributed by atoms with van der Waals surface area (Å²) in [4.78, 5) is 1.39. The van der Waals surface area contributed by atoms with Gasteiger partial charge in [-0.05, 0) is 37.9 Å². The van der Waals surface area contributed by atoms with Gasteiger partial charge in [0, 0.05) is 10.9 Å². The van der Waals surface area contributed by atoms with E-state index < -0.39 is 0 Å². The lowest BCUT2D eigenvalue weighted by atomic mass is 10.1. The number of hydrogen-bond donors (Lipinski definition) is 1. The minimum Gasteiger partial charge on any atom is -0.314 e. The lowest BCUT2D eigenvalue weighted by Crippen LogP contribution is -2.31. The summed E-state index contributed by atoms with van der Waals surface area (Å²) in [6, 6.07) is 4.75. The number of rotatable bonds is 7. The predicted molar refractivity (Wildman–Crippen MR) is 70.0 cm³/mol. The van der Waals surface area contributed by atoms with Gasteiger partial charge in [0.15, 0.2) is 0 Å². The third-order valence-corrected chi connectivity index (χ3v) is 3.65. The molecule has 86 valence electrons. The maximum Gasteiger partial charge on any atom is 0.0931 e. The molecule has 1 nitrogen and oxygen atoms in total. The highest BCUT2D eigenvalue weighted by atomic mass is 35.5. The fourth-order valence-corrected chi connectivity index (χ4v) is 2.84. The summed E-state index contributed by atoms with van der Waals surface area (Å²) < 4.78 is 0.899. The topological polar surface area (TPSA) is 12.0 Å². The zero-order valence-corrected chi connectivity index (χ0v) is 11.1. The van der Waals surface area contributed by atoms with Crippen LogP contribution in [0, 0.1) is 0 Å². The molecule has 3 heteroatoms. The van der Waals surface area contributed by atoms with E-state index in [0.717, 1.165) is 17.3 Å². The zero-order chi connectivity index (χ0) is 11.1. The van der Waals surface area contributed by atoms with Crippen molar-refractivity contribution in [2.45, 2.75) is 45.6 Å². The van der Waals surface area contributed by atoms with Gasteiger partial charge in [-0.1, -0.05) is 31.9 Å². The first-order valence-electron chi connectivity index (χ1n) is 5.73. The molecule has 0 fully saturated rings. The van der Waals surface area contributed by atoms with Crippen LogP contribution >= 0.6 is 22.9 Å². The molecule has 0 aliphatic heterocycles. The second-order valence-electron chi connectivity index (χ2n) is 3.85. The van der Waals surface area contributed by atoms with Crippen LogP contribution in [-0.2, 0) is 6.42 Å². The van der Waals surface area contributed by atoms with Gasteiger partial charge in [-0.15, -0.1) is 11.3 Å². The fourth-order valence-electron chi connectivity index (χ4n) is 1.68. The molecular weight excluding hydrogens is 226 g/mol. The summed E-state index contributed by atoms with van der Waals surface area (Å²) in [5.41, 5.74) is 0. The highest BCUT2D eigenvalue weighted by Crippen LogP contribution is 2.23. The molecule has 1 atom stereocenters. The van der Waals surface area contributed by atoms with Crippen LogP contribution in [0.4, 0.5) is 0 Å². The average Bonchev–Trinajstić information content (AvgIpc) is 2.61. The second kappa shape index (κ2) is 7.26. The Labute approximate surface area is 102 Å². The molecule has 0 spiro atoms. The van der Waals surface area contributed by atoms with Crippen LogP contribution < -0.4 is 5.32 Å². The Morgan fingerprint density at radius 2 is 2.13 bits per heavy atom. The molecule has 0 saturated heterocycles. The number of hydrogen-bond acceptors (Lipinski definition) is 2. The summed E-state index contributed by atoms with van der Waals surface area (Å²) >= 11 is 7.62. The monoisotopic (exact) mass is 245 g/mol. The van der Waals surface area contributed by atoms with Crippen molar-refractivity contribution in [3.8, 4) is 0 Å². The number of halogens is 1. The van der Waals surface area contributed by atoms with Crippen molar-refractivity contribution in [1.82, 2.24) is 5.32 Å². The molecule has 1 N–H and O–H groups in total. The molecule has 0 radical (unpaired) electrons. The molecule has 0 saturated carbocycles. The molecule has 0 amide bonds.